The standard InChI is InChI=1S/C25H32F6N4O7.C18H27F5N4O4.C17H22F5N5O3.C16H27N5O4.4CH4/c1-23(2,40-4)22(38)34-17(18(36)14-42-21(24(26,27)28)25(29,30)31)6-5-11-33-19(32)12-20(37)41-13-15-7-9-16(10-8-15)35(3)39;1-16(2,30-4)15(29)27-11(6-5-9-26-13(25)7-8-24)12(28)10-31-14(17(3,19)20)18(21,22)23;1-16(18,19)14(17(20,21)22)30-9-12(28)11(5-3-7-26-15(23)24)27-13(29)10-4-2-6-25-8-10;1-16(2,24-3)14(23)21-11(6-4-9-20-15(17)18)12(22)10-25-13-7-5-8-19-13;;;;/h7-10,17,21H,5-6,11-14H2,1-4H3,(H2-,32,33,34,38);11,14H,5-7,9-10H2,1-4H3,(H2,25,26)(H,27,29);2,4,6,8,11,14H,3,5,7,9H2,1H3,(H,27,29)(H4,23,24,26);5,7,11H,4,6,8-10H2,1-3H3,(H,21,23)(H4,17,18,20);4*1H4/p+1. The summed E-state index contributed by atoms with van der Waals surface area (Å²) in [5, 5.41) is 18.1. The molecule has 0 fully saturated rings. The van der Waals surface area contributed by atoms with E-state index in [9.17, 15) is 118 Å². The lowest BCUT2D eigenvalue weighted by Crippen LogP contribution is -2.52. The molecule has 36 nitrogen and oxygen atoms in total. The normalized spacial score (nSPS) is 13.8. The Morgan fingerprint density at radius 2 is 0.848 bits per heavy atom. The zero-order valence-electron chi connectivity index (χ0n) is 71.9. The Labute approximate surface area is 754 Å². The van der Waals surface area contributed by atoms with E-state index in [1.54, 1.807) is 50.3 Å². The number of nitrogens with one attached hydrogen (secondary N) is 4. The number of nitrogens with zero attached hydrogens (tertiary/aromatic N) is 8. The number of guanidine groups is 2. The lowest BCUT2D eigenvalue weighted by molar-refractivity contribution is -0.428. The third kappa shape index (κ3) is 52.8. The molecule has 4 amide bonds. The number of amidine groups is 2. The van der Waals surface area contributed by atoms with Crippen molar-refractivity contribution < 1.29 is 156 Å². The summed E-state index contributed by atoms with van der Waals surface area (Å²) in [4.78, 5) is 145. The largest absolute Gasteiger partial charge is 0.470 e. The molecule has 1 aliphatic rings. The van der Waals surface area contributed by atoms with Gasteiger partial charge in [0.2, 0.25) is 24.2 Å². The smallest absolute Gasteiger partial charge is 0.423 e. The molecule has 0 saturated heterocycles. The third-order valence-corrected chi connectivity index (χ3v) is 17.2. The highest BCUT2D eigenvalue weighted by Gasteiger charge is 2.59. The summed E-state index contributed by atoms with van der Waals surface area (Å²) in [6.07, 6.45) is -27.1. The molecule has 52 heteroatoms. The summed E-state index contributed by atoms with van der Waals surface area (Å²) in [5.74, 6) is -15.4. The predicted molar refractivity (Wildman–Crippen MR) is 455 cm³/mol. The molecule has 2 heterocycles. The van der Waals surface area contributed by atoms with Gasteiger partial charge in [0.05, 0.1) is 48.8 Å². The average molecular weight is 1930 g/mol. The highest BCUT2D eigenvalue weighted by molar-refractivity contribution is 5.99. The first-order valence-electron chi connectivity index (χ1n) is 38.2. The summed E-state index contributed by atoms with van der Waals surface area (Å²) >= 11 is 0. The van der Waals surface area contributed by atoms with Gasteiger partial charge in [0, 0.05) is 95.5 Å². The number of pyridine rings is 1. The molecule has 2 aromatic rings. The van der Waals surface area contributed by atoms with Gasteiger partial charge in [-0.25, -0.2) is 22.6 Å². The molecule has 1 aromatic heterocycles. The number of nitriles is 1. The van der Waals surface area contributed by atoms with Crippen LogP contribution in [0.15, 0.2) is 85.9 Å². The number of ketones is 4. The third-order valence-electron chi connectivity index (χ3n) is 17.2. The number of nitroso groups, excluding NO2 is 1. The quantitative estimate of drug-likeness (QED) is 0.00738. The highest BCUT2D eigenvalue weighted by atomic mass is 19.4. The molecule has 754 valence electrons. The van der Waals surface area contributed by atoms with Crippen LogP contribution in [0.1, 0.15) is 165 Å². The number of nitrogens with two attached hydrogens (primary N) is 6. The maximum atomic E-state index is 13.2. The van der Waals surface area contributed by atoms with Crippen molar-refractivity contribution in [2.24, 2.45) is 59.4 Å². The van der Waals surface area contributed by atoms with E-state index in [2.05, 4.69) is 65.4 Å². The number of methoxy groups -OCH3 is 3. The van der Waals surface area contributed by atoms with Crippen LogP contribution in [0.25, 0.3) is 0 Å². The van der Waals surface area contributed by atoms with Gasteiger partial charge in [-0.2, -0.15) is 57.9 Å². The Bertz CT molecular complexity index is 4090. The number of aromatic nitrogens is 1. The number of benzene rings is 1. The van der Waals surface area contributed by atoms with Crippen molar-refractivity contribution in [2.45, 2.75) is 252 Å². The lowest BCUT2D eigenvalue weighted by atomic mass is 10.0. The molecule has 1 aromatic carbocycles. The van der Waals surface area contributed by atoms with E-state index in [-0.39, 0.29) is 162 Å². The van der Waals surface area contributed by atoms with Gasteiger partial charge in [-0.05, 0) is 129 Å². The fourth-order valence-electron chi connectivity index (χ4n) is 9.59. The van der Waals surface area contributed by atoms with Crippen molar-refractivity contribution in [3.63, 3.8) is 0 Å². The van der Waals surface area contributed by atoms with Crippen LogP contribution in [-0.4, -0.2) is 275 Å². The van der Waals surface area contributed by atoms with Crippen molar-refractivity contribution in [3.8, 4) is 6.07 Å². The van der Waals surface area contributed by atoms with Gasteiger partial charge >= 0.3 is 30.7 Å². The Balaban J connectivity index is -0.000000547. The van der Waals surface area contributed by atoms with Gasteiger partial charge in [0.25, 0.3) is 41.2 Å². The van der Waals surface area contributed by atoms with Gasteiger partial charge in [0.1, 0.15) is 61.3 Å². The molecule has 6 atom stereocenters. The molecule has 0 saturated carbocycles. The Morgan fingerprint density at radius 3 is 1.16 bits per heavy atom. The van der Waals surface area contributed by atoms with Gasteiger partial charge in [-0.15, -0.1) is 0 Å². The van der Waals surface area contributed by atoms with E-state index in [0.717, 1.165) is 0 Å². The molecule has 0 aliphatic carbocycles. The maximum Gasteiger partial charge on any atom is 0.423 e. The highest BCUT2D eigenvalue weighted by Crippen LogP contribution is 2.38. The van der Waals surface area contributed by atoms with E-state index >= 15 is 0 Å². The molecule has 1 aliphatic heterocycles. The van der Waals surface area contributed by atoms with E-state index in [0.29, 0.717) is 47.8 Å². The van der Waals surface area contributed by atoms with Gasteiger partial charge in [-0.1, -0.05) is 35.8 Å². The first-order valence-corrected chi connectivity index (χ1v) is 38.2. The molecule has 3 rings (SSSR count). The molecular weight excluding hydrogens is 1800 g/mol. The zero-order chi connectivity index (χ0) is 98.6. The van der Waals surface area contributed by atoms with Crippen molar-refractivity contribution in [1.82, 2.24) is 26.3 Å². The topological polar surface area (TPSA) is 550 Å². The number of rotatable bonds is 50. The van der Waals surface area contributed by atoms with E-state index in [1.165, 1.54) is 80.6 Å². The summed E-state index contributed by atoms with van der Waals surface area (Å²) < 4.78 is 245. The van der Waals surface area contributed by atoms with Crippen molar-refractivity contribution >= 4 is 87.9 Å². The fourth-order valence-corrected chi connectivity index (χ4v) is 9.59. The van der Waals surface area contributed by atoms with Crippen LogP contribution < -0.4 is 55.7 Å². The first-order chi connectivity index (χ1) is 58.9. The van der Waals surface area contributed by atoms with E-state index in [4.69, 9.17) is 63.3 Å². The van der Waals surface area contributed by atoms with Gasteiger partial charge in [0.15, 0.2) is 48.7 Å². The number of alkyl halides is 16. The minimum Gasteiger partial charge on any atom is -0.470 e. The molecule has 0 radical (unpaired) electrons. The number of amides is 4. The number of halogens is 16. The minimum atomic E-state index is -5.82. The molecule has 6 unspecified atom stereocenters. The SMILES string of the molecule is C.C.C.C.CC(F)(F)C(OCC(=O)C(CCCN=C(N)N)NC(=O)c1cccnc1)C(F)(F)F.COC(C)(C)C(=O)NC(CCCN=C(N)CC#N)C(=O)COC(C(C)(F)F)C(F)(F)F.COC(C)(C)C(=O)NC(CCCN=C(N)CC(=O)OCc1ccc([N+](C)=O)cc1)C(=O)COC(C(F)(F)F)C(F)(F)F.COC(C)(C)C(=O)NC(CCCN=C(N)N)C(=O)COC1=NCC=C1. The number of carbonyl (C=O) groups excluding carboxylic acids is 9. The minimum absolute atomic E-state index is 0. The summed E-state index contributed by atoms with van der Waals surface area (Å²) in [7, 11) is 5.18. The van der Waals surface area contributed by atoms with Crippen LogP contribution in [0.4, 0.5) is 75.9 Å². The zero-order valence-corrected chi connectivity index (χ0v) is 71.9. The van der Waals surface area contributed by atoms with Gasteiger partial charge < -0.3 is 93.6 Å². The Morgan fingerprint density at radius 1 is 0.500 bits per heavy atom. The second-order valence-electron chi connectivity index (χ2n) is 29.1. The predicted octanol–water partition coefficient (Wildman–Crippen LogP) is 8.86. The van der Waals surface area contributed by atoms with Gasteiger partial charge in [-0.3, -0.25) is 68.1 Å². The van der Waals surface area contributed by atoms with E-state index < -0.39 is 163 Å². The molecular formula is C80H125F16N18O18+. The molecule has 0 bridgehead atoms. The second-order valence-corrected chi connectivity index (χ2v) is 29.1. The Hall–Kier alpha value is -11.2. The number of hydrogen-bond donors (Lipinski definition) is 10. The molecule has 132 heavy (non-hydrogen) atoms. The van der Waals surface area contributed by atoms with Crippen LogP contribution in [-0.2, 0) is 82.9 Å². The van der Waals surface area contributed by atoms with Crippen LogP contribution in [0.3, 0.4) is 0 Å². The summed E-state index contributed by atoms with van der Waals surface area (Å²) in [6, 6.07) is 6.01. The fraction of sp³-hybridized carbons (Fsp3) is 0.650. The van der Waals surface area contributed by atoms with Crippen molar-refractivity contribution in [2.75, 3.05) is 87.5 Å². The summed E-state index contributed by atoms with van der Waals surface area (Å²) in [6.45, 7) is 5.26. The first kappa shape index (κ1) is 129. The van der Waals surface area contributed by atoms with Crippen LogP contribution in [0.5, 0.6) is 0 Å². The van der Waals surface area contributed by atoms with Crippen molar-refractivity contribution in [3.05, 3.63) is 77.0 Å². The van der Waals surface area contributed by atoms with Crippen LogP contribution >= 0.6 is 0 Å². The monoisotopic (exact) mass is 1930 g/mol. The average Bonchev–Trinajstić information content (AvgIpc) is 0.873. The van der Waals surface area contributed by atoms with Crippen molar-refractivity contribution in [1.29, 1.82) is 5.26 Å². The number of ether oxygens (including phenoxy) is 8. The van der Waals surface area contributed by atoms with Crippen LogP contribution in [0.2, 0.25) is 0 Å². The number of hydrogen-bond acceptors (Lipinski definition) is 25. The Kier molecular flexibility index (Phi) is 59.5. The number of esters is 1. The number of carbonyl (C=O) groups is 9. The van der Waals surface area contributed by atoms with E-state index in [1.807, 2.05) is 6.08 Å². The van der Waals surface area contributed by atoms with Crippen LogP contribution in [0, 0.1) is 16.2 Å². The number of Topliss-reactive ketones (excluding diaryl/α,β-unsaturated/α-hetero) is 4. The molecule has 0 spiro atoms. The number of aliphatic imine (C=N–C) groups is 5. The lowest BCUT2D eigenvalue weighted by Gasteiger charge is -2.28. The molecule has 16 N–H and O–H groups in total. The maximum absolute atomic E-state index is 13.2. The second kappa shape index (κ2) is 60.8. The summed E-state index contributed by atoms with van der Waals surface area (Å²) in [5.41, 5.74) is 29.3.